The Kier molecular flexibility index (Phi) is 8.19. The standard InChI is InChI=1S/C17H25N5S.C2H6/c1-12-11-18-16(21-17(2,3)4)20-15(12)19-13-8-7-9-14(10-13)23-22(5)6;1-2/h7-11H,1-6H3,(H2,18,19,20,21);1-2H3. The van der Waals surface area contributed by atoms with E-state index in [0.717, 1.165) is 17.1 Å². The summed E-state index contributed by atoms with van der Waals surface area (Å²) in [5.41, 5.74) is 1.95. The van der Waals surface area contributed by atoms with Crippen LogP contribution in [0.25, 0.3) is 0 Å². The molecule has 0 aliphatic heterocycles. The van der Waals surface area contributed by atoms with E-state index in [1.54, 1.807) is 11.9 Å². The Hall–Kier alpha value is -1.79. The van der Waals surface area contributed by atoms with E-state index in [9.17, 15) is 0 Å². The zero-order valence-corrected chi connectivity index (χ0v) is 17.5. The number of nitrogens with zero attached hydrogens (tertiary/aromatic N) is 3. The van der Waals surface area contributed by atoms with Crippen LogP contribution in [0.3, 0.4) is 0 Å². The lowest BCUT2D eigenvalue weighted by atomic mass is 10.1. The highest BCUT2D eigenvalue weighted by Gasteiger charge is 2.12. The second-order valence-corrected chi connectivity index (χ2v) is 8.04. The molecule has 1 heterocycles. The zero-order chi connectivity index (χ0) is 19.0. The molecule has 6 heteroatoms. The fourth-order valence-corrected chi connectivity index (χ4v) is 2.68. The van der Waals surface area contributed by atoms with Gasteiger partial charge in [0.15, 0.2) is 0 Å². The van der Waals surface area contributed by atoms with E-state index in [1.807, 2.05) is 53.2 Å². The van der Waals surface area contributed by atoms with Crippen molar-refractivity contribution in [1.82, 2.24) is 14.3 Å². The minimum atomic E-state index is -0.0746. The smallest absolute Gasteiger partial charge is 0.225 e. The van der Waals surface area contributed by atoms with Crippen LogP contribution in [0.2, 0.25) is 0 Å². The minimum absolute atomic E-state index is 0.0746. The number of aryl methyl sites for hydroxylation is 1. The fraction of sp³-hybridized carbons (Fsp3) is 0.474. The Morgan fingerprint density at radius 3 is 2.40 bits per heavy atom. The molecular formula is C19H31N5S. The third-order valence-corrected chi connectivity index (χ3v) is 3.67. The average molecular weight is 362 g/mol. The molecule has 0 saturated heterocycles. The quantitative estimate of drug-likeness (QED) is 0.702. The van der Waals surface area contributed by atoms with E-state index in [2.05, 4.69) is 57.8 Å². The Bertz CT molecular complexity index is 665. The van der Waals surface area contributed by atoms with Crippen LogP contribution in [0.15, 0.2) is 35.4 Å². The van der Waals surface area contributed by atoms with Crippen LogP contribution in [-0.4, -0.2) is 33.9 Å². The van der Waals surface area contributed by atoms with E-state index < -0.39 is 0 Å². The molecule has 0 spiro atoms. The van der Waals surface area contributed by atoms with E-state index in [1.165, 1.54) is 4.90 Å². The first-order valence-electron chi connectivity index (χ1n) is 8.57. The van der Waals surface area contributed by atoms with Gasteiger partial charge in [0, 0.05) is 27.9 Å². The minimum Gasteiger partial charge on any atom is -0.350 e. The SMILES string of the molecule is CC.Cc1cnc(NC(C)(C)C)nc1Nc1cccc(SN(C)C)c1. The number of hydrogen-bond donors (Lipinski definition) is 2. The summed E-state index contributed by atoms with van der Waals surface area (Å²) in [7, 11) is 4.06. The molecule has 2 aromatic rings. The van der Waals surface area contributed by atoms with Crippen molar-refractivity contribution in [2.75, 3.05) is 24.7 Å². The first-order chi connectivity index (χ1) is 11.7. The van der Waals surface area contributed by atoms with Gasteiger partial charge in [0.05, 0.1) is 0 Å². The summed E-state index contributed by atoms with van der Waals surface area (Å²) >= 11 is 1.69. The highest BCUT2D eigenvalue weighted by atomic mass is 32.2. The van der Waals surface area contributed by atoms with Crippen molar-refractivity contribution in [2.45, 2.75) is 52.0 Å². The first kappa shape index (κ1) is 21.3. The summed E-state index contributed by atoms with van der Waals surface area (Å²) in [6.45, 7) is 12.3. The molecule has 0 unspecified atom stereocenters. The predicted octanol–water partition coefficient (Wildman–Crippen LogP) is 5.33. The number of nitrogens with one attached hydrogen (secondary N) is 2. The number of anilines is 3. The largest absolute Gasteiger partial charge is 0.350 e. The van der Waals surface area contributed by atoms with Crippen LogP contribution in [0, 0.1) is 6.92 Å². The molecule has 0 radical (unpaired) electrons. The van der Waals surface area contributed by atoms with Gasteiger partial charge in [-0.15, -0.1) is 0 Å². The number of benzene rings is 1. The lowest BCUT2D eigenvalue weighted by molar-refractivity contribution is 0.626. The lowest BCUT2D eigenvalue weighted by Crippen LogP contribution is -2.27. The van der Waals surface area contributed by atoms with Crippen LogP contribution in [0.5, 0.6) is 0 Å². The molecule has 0 bridgehead atoms. The summed E-state index contributed by atoms with van der Waals surface area (Å²) in [4.78, 5) is 10.1. The molecule has 138 valence electrons. The van der Waals surface area contributed by atoms with Crippen molar-refractivity contribution in [3.8, 4) is 0 Å². The first-order valence-corrected chi connectivity index (χ1v) is 9.34. The van der Waals surface area contributed by atoms with Gasteiger partial charge in [0.2, 0.25) is 5.95 Å². The Labute approximate surface area is 156 Å². The molecular weight excluding hydrogens is 330 g/mol. The van der Waals surface area contributed by atoms with Crippen molar-refractivity contribution in [3.05, 3.63) is 36.0 Å². The monoisotopic (exact) mass is 361 g/mol. The van der Waals surface area contributed by atoms with Gasteiger partial charge in [0.1, 0.15) is 5.82 Å². The van der Waals surface area contributed by atoms with Crippen molar-refractivity contribution in [2.24, 2.45) is 0 Å². The van der Waals surface area contributed by atoms with Gasteiger partial charge in [-0.2, -0.15) is 4.98 Å². The summed E-state index contributed by atoms with van der Waals surface area (Å²) in [6.07, 6.45) is 1.84. The predicted molar refractivity (Wildman–Crippen MR) is 111 cm³/mol. The third kappa shape index (κ3) is 7.75. The molecule has 0 fully saturated rings. The van der Waals surface area contributed by atoms with Crippen molar-refractivity contribution < 1.29 is 0 Å². The topological polar surface area (TPSA) is 53.1 Å². The zero-order valence-electron chi connectivity index (χ0n) is 16.6. The van der Waals surface area contributed by atoms with E-state index >= 15 is 0 Å². The van der Waals surface area contributed by atoms with E-state index in [0.29, 0.717) is 5.95 Å². The van der Waals surface area contributed by atoms with Crippen molar-refractivity contribution in [3.63, 3.8) is 0 Å². The average Bonchev–Trinajstić information content (AvgIpc) is 2.51. The second kappa shape index (κ2) is 9.63. The van der Waals surface area contributed by atoms with Gasteiger partial charge < -0.3 is 10.6 Å². The molecule has 5 nitrogen and oxygen atoms in total. The fourth-order valence-electron chi connectivity index (χ4n) is 1.94. The van der Waals surface area contributed by atoms with Gasteiger partial charge in [-0.05, 0) is 71.9 Å². The molecule has 25 heavy (non-hydrogen) atoms. The maximum absolute atomic E-state index is 4.59. The molecule has 1 aromatic heterocycles. The maximum Gasteiger partial charge on any atom is 0.225 e. The number of rotatable bonds is 5. The molecule has 0 aliphatic rings. The van der Waals surface area contributed by atoms with E-state index in [4.69, 9.17) is 0 Å². The molecule has 0 aliphatic carbocycles. The lowest BCUT2D eigenvalue weighted by Gasteiger charge is -2.21. The third-order valence-electron chi connectivity index (χ3n) is 2.84. The summed E-state index contributed by atoms with van der Waals surface area (Å²) in [5, 5.41) is 6.69. The van der Waals surface area contributed by atoms with Gasteiger partial charge in [0.25, 0.3) is 0 Å². The van der Waals surface area contributed by atoms with Crippen LogP contribution in [0.4, 0.5) is 17.5 Å². The molecule has 1 aromatic carbocycles. The highest BCUT2D eigenvalue weighted by molar-refractivity contribution is 7.97. The highest BCUT2D eigenvalue weighted by Crippen LogP contribution is 2.26. The van der Waals surface area contributed by atoms with Gasteiger partial charge >= 0.3 is 0 Å². The maximum atomic E-state index is 4.59. The molecule has 0 amide bonds. The van der Waals surface area contributed by atoms with Crippen molar-refractivity contribution in [1.29, 1.82) is 0 Å². The van der Waals surface area contributed by atoms with Crippen LogP contribution in [0.1, 0.15) is 40.2 Å². The summed E-state index contributed by atoms with van der Waals surface area (Å²) < 4.78 is 2.07. The van der Waals surface area contributed by atoms with Gasteiger partial charge in [-0.3, -0.25) is 4.31 Å². The summed E-state index contributed by atoms with van der Waals surface area (Å²) in [5.74, 6) is 1.45. The van der Waals surface area contributed by atoms with Crippen LogP contribution < -0.4 is 10.6 Å². The molecule has 2 rings (SSSR count). The Balaban J connectivity index is 0.00000151. The number of aromatic nitrogens is 2. The van der Waals surface area contributed by atoms with Crippen molar-refractivity contribution >= 4 is 29.4 Å². The number of hydrogen-bond acceptors (Lipinski definition) is 6. The van der Waals surface area contributed by atoms with E-state index in [-0.39, 0.29) is 5.54 Å². The van der Waals surface area contributed by atoms with Gasteiger partial charge in [-0.1, -0.05) is 19.9 Å². The Morgan fingerprint density at radius 1 is 1.12 bits per heavy atom. The van der Waals surface area contributed by atoms with Crippen LogP contribution >= 0.6 is 11.9 Å². The molecule has 0 saturated carbocycles. The second-order valence-electron chi connectivity index (χ2n) is 6.66. The van der Waals surface area contributed by atoms with Gasteiger partial charge in [-0.25, -0.2) is 4.98 Å². The molecule has 2 N–H and O–H groups in total. The Morgan fingerprint density at radius 2 is 1.80 bits per heavy atom. The normalized spacial score (nSPS) is 10.9. The summed E-state index contributed by atoms with van der Waals surface area (Å²) in [6, 6.07) is 8.29. The molecule has 0 atom stereocenters. The van der Waals surface area contributed by atoms with Crippen LogP contribution in [-0.2, 0) is 0 Å².